The number of furan rings is 1. The molecule has 0 aliphatic rings. The van der Waals surface area contributed by atoms with Crippen LogP contribution in [0.1, 0.15) is 32.2 Å². The Morgan fingerprint density at radius 1 is 0.917 bits per heavy atom. The highest BCUT2D eigenvalue weighted by Crippen LogP contribution is 2.26. The van der Waals surface area contributed by atoms with E-state index in [-0.39, 0.29) is 11.8 Å². The first kappa shape index (κ1) is 22.8. The third-order valence-corrected chi connectivity index (χ3v) is 5.49. The van der Waals surface area contributed by atoms with Crippen LogP contribution in [0.3, 0.4) is 0 Å². The highest BCUT2D eigenvalue weighted by Gasteiger charge is 2.21. The highest BCUT2D eigenvalue weighted by atomic mass is 16.3. The van der Waals surface area contributed by atoms with Crippen LogP contribution in [0.15, 0.2) is 102 Å². The van der Waals surface area contributed by atoms with Crippen molar-refractivity contribution < 1.29 is 14.0 Å². The number of rotatable bonds is 7. The summed E-state index contributed by atoms with van der Waals surface area (Å²) in [6.07, 6.45) is 3.34. The first-order valence-corrected chi connectivity index (χ1v) is 11.4. The smallest absolute Gasteiger partial charge is 0.259 e. The monoisotopic (exact) mass is 477 g/mol. The molecular weight excluding hydrogens is 454 g/mol. The lowest BCUT2D eigenvalue weighted by Gasteiger charge is -2.08. The van der Waals surface area contributed by atoms with Gasteiger partial charge in [0.1, 0.15) is 11.5 Å². The molecule has 0 radical (unpaired) electrons. The molecule has 2 N–H and O–H groups in total. The first-order valence-electron chi connectivity index (χ1n) is 11.4. The Bertz CT molecular complexity index is 1510. The van der Waals surface area contributed by atoms with Crippen LogP contribution >= 0.6 is 0 Å². The Hall–Kier alpha value is -4.98. The average Bonchev–Trinajstić information content (AvgIpc) is 3.55. The molecule has 3 heterocycles. The number of hydrogen-bond donors (Lipinski definition) is 2. The van der Waals surface area contributed by atoms with Gasteiger partial charge in [0, 0.05) is 23.6 Å². The minimum Gasteiger partial charge on any atom is -0.460 e. The molecule has 0 aliphatic heterocycles. The standard InChI is InChI=1S/C28H23N5O3/c1-19-13-14-25(36-19)26-24(18-33(32-26)23-11-3-2-4-12-23)28(35)31-21-10-7-8-20(16-21)27(34)30-17-22-9-5-6-15-29-22/h2-16,18H,17H2,1H3,(H,30,34)(H,31,35). The predicted octanol–water partition coefficient (Wildman–Crippen LogP) is 5.02. The van der Waals surface area contributed by atoms with E-state index in [0.29, 0.717) is 34.8 Å². The molecule has 8 nitrogen and oxygen atoms in total. The number of pyridine rings is 1. The van der Waals surface area contributed by atoms with E-state index in [1.807, 2.05) is 61.5 Å². The molecule has 36 heavy (non-hydrogen) atoms. The van der Waals surface area contributed by atoms with Crippen molar-refractivity contribution in [2.24, 2.45) is 0 Å². The summed E-state index contributed by atoms with van der Waals surface area (Å²) in [5.41, 5.74) is 3.25. The number of amides is 2. The van der Waals surface area contributed by atoms with Gasteiger partial charge in [-0.15, -0.1) is 0 Å². The van der Waals surface area contributed by atoms with Gasteiger partial charge in [-0.05, 0) is 61.5 Å². The Balaban J connectivity index is 1.37. The lowest BCUT2D eigenvalue weighted by Crippen LogP contribution is -2.23. The zero-order valence-corrected chi connectivity index (χ0v) is 19.5. The Kier molecular flexibility index (Phi) is 6.40. The topological polar surface area (TPSA) is 102 Å². The van der Waals surface area contributed by atoms with Crippen molar-refractivity contribution in [1.29, 1.82) is 0 Å². The summed E-state index contributed by atoms with van der Waals surface area (Å²) >= 11 is 0. The molecule has 5 rings (SSSR count). The van der Waals surface area contributed by atoms with Gasteiger partial charge in [-0.2, -0.15) is 5.10 Å². The molecule has 0 unspecified atom stereocenters. The van der Waals surface area contributed by atoms with Crippen molar-refractivity contribution in [3.05, 3.63) is 120 Å². The maximum absolute atomic E-state index is 13.3. The van der Waals surface area contributed by atoms with Crippen molar-refractivity contribution in [3.63, 3.8) is 0 Å². The number of benzene rings is 2. The van der Waals surface area contributed by atoms with E-state index in [0.717, 1.165) is 17.1 Å². The zero-order valence-electron chi connectivity index (χ0n) is 19.5. The lowest BCUT2D eigenvalue weighted by molar-refractivity contribution is 0.0949. The van der Waals surface area contributed by atoms with E-state index in [2.05, 4.69) is 20.7 Å². The quantitative estimate of drug-likeness (QED) is 0.343. The third-order valence-electron chi connectivity index (χ3n) is 5.49. The fourth-order valence-corrected chi connectivity index (χ4v) is 3.71. The highest BCUT2D eigenvalue weighted by molar-refractivity contribution is 6.08. The molecule has 0 saturated heterocycles. The molecule has 0 saturated carbocycles. The van der Waals surface area contributed by atoms with E-state index < -0.39 is 0 Å². The van der Waals surface area contributed by atoms with Crippen molar-refractivity contribution in [2.45, 2.75) is 13.5 Å². The summed E-state index contributed by atoms with van der Waals surface area (Å²) in [5, 5.41) is 10.3. The summed E-state index contributed by atoms with van der Waals surface area (Å²) in [5.74, 6) is 0.581. The molecule has 0 bridgehead atoms. The van der Waals surface area contributed by atoms with Crippen LogP contribution in [0.4, 0.5) is 5.69 Å². The van der Waals surface area contributed by atoms with Gasteiger partial charge in [-0.3, -0.25) is 14.6 Å². The molecule has 3 aromatic heterocycles. The van der Waals surface area contributed by atoms with Crippen molar-refractivity contribution in [2.75, 3.05) is 5.32 Å². The van der Waals surface area contributed by atoms with Gasteiger partial charge in [-0.1, -0.05) is 30.3 Å². The van der Waals surface area contributed by atoms with Gasteiger partial charge in [0.05, 0.1) is 23.5 Å². The number of carbonyl (C=O) groups excluding carboxylic acids is 2. The van der Waals surface area contributed by atoms with E-state index >= 15 is 0 Å². The van der Waals surface area contributed by atoms with Gasteiger partial charge in [0.25, 0.3) is 11.8 Å². The maximum Gasteiger partial charge on any atom is 0.259 e. The lowest BCUT2D eigenvalue weighted by atomic mass is 10.1. The van der Waals surface area contributed by atoms with Crippen LogP contribution in [0, 0.1) is 6.92 Å². The predicted molar refractivity (Wildman–Crippen MR) is 136 cm³/mol. The second-order valence-electron chi connectivity index (χ2n) is 8.12. The maximum atomic E-state index is 13.3. The normalized spacial score (nSPS) is 10.7. The van der Waals surface area contributed by atoms with E-state index in [1.54, 1.807) is 47.4 Å². The van der Waals surface area contributed by atoms with Crippen LogP contribution in [0.2, 0.25) is 0 Å². The first-order chi connectivity index (χ1) is 17.6. The van der Waals surface area contributed by atoms with Crippen LogP contribution in [-0.4, -0.2) is 26.6 Å². The molecule has 0 aliphatic carbocycles. The van der Waals surface area contributed by atoms with Gasteiger partial charge in [0.15, 0.2) is 5.76 Å². The van der Waals surface area contributed by atoms with Crippen molar-refractivity contribution in [3.8, 4) is 17.1 Å². The average molecular weight is 478 g/mol. The van der Waals surface area contributed by atoms with Crippen molar-refractivity contribution in [1.82, 2.24) is 20.1 Å². The minimum atomic E-state index is -0.368. The number of anilines is 1. The van der Waals surface area contributed by atoms with Gasteiger partial charge in [-0.25, -0.2) is 4.68 Å². The number of nitrogens with zero attached hydrogens (tertiary/aromatic N) is 3. The molecule has 0 spiro atoms. The second kappa shape index (κ2) is 10.1. The fourth-order valence-electron chi connectivity index (χ4n) is 3.71. The van der Waals surface area contributed by atoms with Gasteiger partial charge in [0.2, 0.25) is 0 Å². The van der Waals surface area contributed by atoms with E-state index in [4.69, 9.17) is 4.42 Å². The summed E-state index contributed by atoms with van der Waals surface area (Å²) in [6.45, 7) is 2.14. The molecule has 8 heteroatoms. The Morgan fingerprint density at radius 3 is 2.50 bits per heavy atom. The van der Waals surface area contributed by atoms with Crippen LogP contribution in [-0.2, 0) is 6.54 Å². The summed E-state index contributed by atoms with van der Waals surface area (Å²) < 4.78 is 7.40. The second-order valence-corrected chi connectivity index (χ2v) is 8.12. The number of carbonyl (C=O) groups is 2. The van der Waals surface area contributed by atoms with E-state index in [1.165, 1.54) is 0 Å². The third kappa shape index (κ3) is 5.07. The summed E-state index contributed by atoms with van der Waals surface area (Å²) in [7, 11) is 0. The fraction of sp³-hybridized carbons (Fsp3) is 0.0714. The zero-order chi connectivity index (χ0) is 24.9. The Labute approximate surface area is 207 Å². The number of nitrogens with one attached hydrogen (secondary N) is 2. The molecule has 0 atom stereocenters. The van der Waals surface area contributed by atoms with Crippen molar-refractivity contribution >= 4 is 17.5 Å². The SMILES string of the molecule is Cc1ccc(-c2nn(-c3ccccc3)cc2C(=O)Nc2cccc(C(=O)NCc3ccccn3)c2)o1. The molecule has 5 aromatic rings. The molecule has 0 fully saturated rings. The number of hydrogen-bond acceptors (Lipinski definition) is 5. The van der Waals surface area contributed by atoms with E-state index in [9.17, 15) is 9.59 Å². The molecule has 2 amide bonds. The van der Waals surface area contributed by atoms with Crippen LogP contribution in [0.5, 0.6) is 0 Å². The molecular formula is C28H23N5O3. The number of para-hydroxylation sites is 1. The largest absolute Gasteiger partial charge is 0.460 e. The Morgan fingerprint density at radius 2 is 1.75 bits per heavy atom. The molecule has 178 valence electrons. The van der Waals surface area contributed by atoms with Crippen LogP contribution in [0.25, 0.3) is 17.1 Å². The van der Waals surface area contributed by atoms with Crippen LogP contribution < -0.4 is 10.6 Å². The van der Waals surface area contributed by atoms with Gasteiger partial charge >= 0.3 is 0 Å². The summed E-state index contributed by atoms with van der Waals surface area (Å²) in [6, 6.07) is 25.4. The summed E-state index contributed by atoms with van der Waals surface area (Å²) in [4.78, 5) is 30.2. The minimum absolute atomic E-state index is 0.264. The van der Waals surface area contributed by atoms with Gasteiger partial charge < -0.3 is 15.1 Å². The molecule has 2 aromatic carbocycles. The number of aryl methyl sites for hydroxylation is 1. The number of aromatic nitrogens is 3.